The van der Waals surface area contributed by atoms with E-state index in [4.69, 9.17) is 9.84 Å². The van der Waals surface area contributed by atoms with E-state index >= 15 is 0 Å². The van der Waals surface area contributed by atoms with Gasteiger partial charge in [-0.2, -0.15) is 0 Å². The first kappa shape index (κ1) is 12.0. The van der Waals surface area contributed by atoms with Crippen LogP contribution in [0.5, 0.6) is 0 Å². The molecule has 0 radical (unpaired) electrons. The molecule has 0 saturated carbocycles. The standard InChI is InChI=1S/C11H11N3O4/c1-2-18-9(15)6-14-8-5-3-4-7(11(16)17)10(8)12-13-14/h3-5H,2,6H2,1H3,(H,16,17). The zero-order valence-electron chi connectivity index (χ0n) is 9.66. The van der Waals surface area contributed by atoms with Crippen molar-refractivity contribution in [3.63, 3.8) is 0 Å². The lowest BCUT2D eigenvalue weighted by molar-refractivity contribution is -0.143. The number of rotatable bonds is 4. The van der Waals surface area contributed by atoms with Crippen LogP contribution in [-0.2, 0) is 16.1 Å². The fourth-order valence-electron chi connectivity index (χ4n) is 1.61. The maximum absolute atomic E-state index is 11.3. The molecule has 1 heterocycles. The van der Waals surface area contributed by atoms with Crippen molar-refractivity contribution >= 4 is 23.0 Å². The number of carboxylic acid groups (broad SMARTS) is 1. The molecule has 0 amide bonds. The minimum Gasteiger partial charge on any atom is -0.478 e. The molecule has 18 heavy (non-hydrogen) atoms. The Morgan fingerprint density at radius 1 is 1.44 bits per heavy atom. The summed E-state index contributed by atoms with van der Waals surface area (Å²) in [4.78, 5) is 22.3. The summed E-state index contributed by atoms with van der Waals surface area (Å²) in [5.74, 6) is -1.52. The maximum Gasteiger partial charge on any atom is 0.338 e. The van der Waals surface area contributed by atoms with Crippen LogP contribution in [0.1, 0.15) is 17.3 Å². The van der Waals surface area contributed by atoms with Crippen LogP contribution in [0.4, 0.5) is 0 Å². The van der Waals surface area contributed by atoms with E-state index in [1.165, 1.54) is 10.7 Å². The maximum atomic E-state index is 11.3. The Labute approximate surface area is 102 Å². The van der Waals surface area contributed by atoms with Gasteiger partial charge >= 0.3 is 11.9 Å². The van der Waals surface area contributed by atoms with Gasteiger partial charge in [0.15, 0.2) is 0 Å². The minimum atomic E-state index is -1.08. The summed E-state index contributed by atoms with van der Waals surface area (Å²) in [5.41, 5.74) is 0.805. The molecule has 94 valence electrons. The second-order valence-corrected chi connectivity index (χ2v) is 3.53. The summed E-state index contributed by atoms with van der Waals surface area (Å²) < 4.78 is 6.12. The number of carbonyl (C=O) groups excluding carboxylic acids is 1. The number of nitrogens with zero attached hydrogens (tertiary/aromatic N) is 3. The Bertz CT molecular complexity index is 605. The largest absolute Gasteiger partial charge is 0.478 e. The molecule has 0 aliphatic rings. The van der Waals surface area contributed by atoms with E-state index in [0.29, 0.717) is 5.52 Å². The van der Waals surface area contributed by atoms with E-state index < -0.39 is 11.9 Å². The zero-order chi connectivity index (χ0) is 13.1. The Morgan fingerprint density at radius 3 is 2.89 bits per heavy atom. The third-order valence-corrected chi connectivity index (χ3v) is 2.36. The van der Waals surface area contributed by atoms with E-state index in [-0.39, 0.29) is 24.2 Å². The van der Waals surface area contributed by atoms with Crippen LogP contribution in [0, 0.1) is 0 Å². The molecule has 1 aromatic heterocycles. The second kappa shape index (κ2) is 4.82. The predicted octanol–water partition coefficient (Wildman–Crippen LogP) is 0.693. The first-order valence-corrected chi connectivity index (χ1v) is 5.34. The van der Waals surface area contributed by atoms with E-state index in [1.807, 2.05) is 0 Å². The summed E-state index contributed by atoms with van der Waals surface area (Å²) >= 11 is 0. The Balaban J connectivity index is 2.40. The Hall–Kier alpha value is -2.44. The number of esters is 1. The molecule has 0 unspecified atom stereocenters. The number of aromatic nitrogens is 3. The smallest absolute Gasteiger partial charge is 0.338 e. The summed E-state index contributed by atoms with van der Waals surface area (Å²) in [6.45, 7) is 1.90. The highest BCUT2D eigenvalue weighted by Gasteiger charge is 2.15. The summed E-state index contributed by atoms with van der Waals surface area (Å²) in [6.07, 6.45) is 0. The molecule has 7 nitrogen and oxygen atoms in total. The first-order chi connectivity index (χ1) is 8.63. The molecule has 1 aromatic carbocycles. The van der Waals surface area contributed by atoms with Gasteiger partial charge in [-0.25, -0.2) is 9.48 Å². The SMILES string of the molecule is CCOC(=O)Cn1nnc2c(C(=O)O)cccc21. The van der Waals surface area contributed by atoms with E-state index in [0.717, 1.165) is 0 Å². The topological polar surface area (TPSA) is 94.3 Å². The number of carboxylic acids is 1. The van der Waals surface area contributed by atoms with Gasteiger partial charge in [0.05, 0.1) is 17.7 Å². The monoisotopic (exact) mass is 249 g/mol. The molecule has 1 N–H and O–H groups in total. The lowest BCUT2D eigenvalue weighted by Gasteiger charge is -2.02. The van der Waals surface area contributed by atoms with Gasteiger partial charge in [-0.1, -0.05) is 11.3 Å². The van der Waals surface area contributed by atoms with Gasteiger partial charge in [0, 0.05) is 0 Å². The predicted molar refractivity (Wildman–Crippen MR) is 61.1 cm³/mol. The number of hydrogen-bond acceptors (Lipinski definition) is 5. The summed E-state index contributed by atoms with van der Waals surface area (Å²) in [6, 6.07) is 4.67. The molecular formula is C11H11N3O4. The number of benzene rings is 1. The fraction of sp³-hybridized carbons (Fsp3) is 0.273. The van der Waals surface area contributed by atoms with Gasteiger partial charge in [0.2, 0.25) is 0 Å². The van der Waals surface area contributed by atoms with Crippen LogP contribution >= 0.6 is 0 Å². The molecule has 2 rings (SSSR count). The molecule has 2 aromatic rings. The van der Waals surface area contributed by atoms with Crippen LogP contribution in [0.2, 0.25) is 0 Å². The van der Waals surface area contributed by atoms with Crippen LogP contribution < -0.4 is 0 Å². The second-order valence-electron chi connectivity index (χ2n) is 3.53. The van der Waals surface area contributed by atoms with Crippen LogP contribution in [0.25, 0.3) is 11.0 Å². The third-order valence-electron chi connectivity index (χ3n) is 2.36. The average Bonchev–Trinajstić information content (AvgIpc) is 2.72. The highest BCUT2D eigenvalue weighted by Crippen LogP contribution is 2.16. The van der Waals surface area contributed by atoms with Gasteiger partial charge in [0.1, 0.15) is 12.1 Å². The summed E-state index contributed by atoms with van der Waals surface area (Å²) in [5, 5.41) is 16.5. The molecule has 0 saturated heterocycles. The summed E-state index contributed by atoms with van der Waals surface area (Å²) in [7, 11) is 0. The van der Waals surface area contributed by atoms with Gasteiger partial charge < -0.3 is 9.84 Å². The molecular weight excluding hydrogens is 238 g/mol. The van der Waals surface area contributed by atoms with Crippen molar-refractivity contribution in [3.05, 3.63) is 23.8 Å². The molecule has 7 heteroatoms. The lowest BCUT2D eigenvalue weighted by atomic mass is 10.2. The zero-order valence-corrected chi connectivity index (χ0v) is 9.66. The minimum absolute atomic E-state index is 0.0580. The highest BCUT2D eigenvalue weighted by molar-refractivity contribution is 6.00. The molecule has 0 fully saturated rings. The van der Waals surface area contributed by atoms with Crippen molar-refractivity contribution < 1.29 is 19.4 Å². The van der Waals surface area contributed by atoms with Crippen molar-refractivity contribution in [1.82, 2.24) is 15.0 Å². The molecule has 0 bridgehead atoms. The van der Waals surface area contributed by atoms with Crippen molar-refractivity contribution in [2.24, 2.45) is 0 Å². The average molecular weight is 249 g/mol. The van der Waals surface area contributed by atoms with Crippen molar-refractivity contribution in [3.8, 4) is 0 Å². The molecule has 0 aliphatic heterocycles. The molecule has 0 spiro atoms. The van der Waals surface area contributed by atoms with Crippen molar-refractivity contribution in [2.45, 2.75) is 13.5 Å². The normalized spacial score (nSPS) is 10.5. The van der Waals surface area contributed by atoms with Gasteiger partial charge in [-0.05, 0) is 19.1 Å². The van der Waals surface area contributed by atoms with Crippen LogP contribution in [0.3, 0.4) is 0 Å². The van der Waals surface area contributed by atoms with Crippen LogP contribution in [-0.4, -0.2) is 38.6 Å². The number of hydrogen-bond donors (Lipinski definition) is 1. The fourth-order valence-corrected chi connectivity index (χ4v) is 1.61. The van der Waals surface area contributed by atoms with E-state index in [9.17, 15) is 9.59 Å². The quantitative estimate of drug-likeness (QED) is 0.801. The molecule has 0 aliphatic carbocycles. The van der Waals surface area contributed by atoms with Crippen molar-refractivity contribution in [1.29, 1.82) is 0 Å². The first-order valence-electron chi connectivity index (χ1n) is 5.34. The number of ether oxygens (including phenoxy) is 1. The number of fused-ring (bicyclic) bond motifs is 1. The van der Waals surface area contributed by atoms with Gasteiger partial charge in [-0.3, -0.25) is 4.79 Å². The lowest BCUT2D eigenvalue weighted by Crippen LogP contribution is -2.14. The van der Waals surface area contributed by atoms with Crippen LogP contribution in [0.15, 0.2) is 18.2 Å². The number of aromatic carboxylic acids is 1. The van der Waals surface area contributed by atoms with Gasteiger partial charge in [-0.15, -0.1) is 5.10 Å². The van der Waals surface area contributed by atoms with E-state index in [2.05, 4.69) is 10.3 Å². The number of carbonyl (C=O) groups is 2. The molecule has 0 atom stereocenters. The van der Waals surface area contributed by atoms with Crippen molar-refractivity contribution in [2.75, 3.05) is 6.61 Å². The Morgan fingerprint density at radius 2 is 2.22 bits per heavy atom. The third kappa shape index (κ3) is 2.15. The van der Waals surface area contributed by atoms with Gasteiger partial charge in [0.25, 0.3) is 0 Å². The Kier molecular flexibility index (Phi) is 3.22. The van der Waals surface area contributed by atoms with E-state index in [1.54, 1.807) is 19.1 Å². The highest BCUT2D eigenvalue weighted by atomic mass is 16.5.